The molecule has 0 aliphatic rings. The van der Waals surface area contributed by atoms with Gasteiger partial charge in [-0.05, 0) is 12.8 Å². The minimum Gasteiger partial charge on any atom is -0.300 e. The maximum absolute atomic E-state index is 11.3. The van der Waals surface area contributed by atoms with Crippen molar-refractivity contribution in [1.29, 1.82) is 0 Å². The minimum absolute atomic E-state index is 0.00343. The molecule has 0 saturated heterocycles. The van der Waals surface area contributed by atoms with Crippen LogP contribution in [0.5, 0.6) is 0 Å². The summed E-state index contributed by atoms with van der Waals surface area (Å²) in [5.41, 5.74) is 0. The van der Waals surface area contributed by atoms with E-state index in [-0.39, 0.29) is 24.4 Å². The molecule has 0 rings (SSSR count). The molecular weight excluding hydrogens is 228 g/mol. The van der Waals surface area contributed by atoms with Gasteiger partial charge in [0, 0.05) is 25.5 Å². The van der Waals surface area contributed by atoms with Gasteiger partial charge in [-0.25, -0.2) is 8.42 Å². The molecule has 0 aromatic carbocycles. The van der Waals surface area contributed by atoms with Crippen LogP contribution in [0.4, 0.5) is 0 Å². The fourth-order valence-corrected chi connectivity index (χ4v) is 1.94. The normalized spacial score (nSPS) is 11.1. The summed E-state index contributed by atoms with van der Waals surface area (Å²) in [7, 11) is -3.27. The summed E-state index contributed by atoms with van der Waals surface area (Å²) in [6.07, 6.45) is 4.87. The molecule has 0 saturated carbocycles. The van der Waals surface area contributed by atoms with Crippen molar-refractivity contribution in [3.8, 4) is 0 Å². The highest BCUT2D eigenvalue weighted by atomic mass is 32.2. The number of hydrogen-bond donors (Lipinski definition) is 0. The van der Waals surface area contributed by atoms with E-state index >= 15 is 0 Å². The van der Waals surface area contributed by atoms with Crippen molar-refractivity contribution < 1.29 is 18.0 Å². The third-order valence-corrected chi connectivity index (χ3v) is 2.82. The highest BCUT2D eigenvalue weighted by Crippen LogP contribution is 2.03. The molecule has 0 spiro atoms. The largest absolute Gasteiger partial charge is 0.300 e. The fourth-order valence-electron chi connectivity index (χ4n) is 1.21. The average Bonchev–Trinajstić information content (AvgIpc) is 2.12. The number of carbonyl (C=O) groups excluding carboxylic acids is 2. The molecule has 0 heterocycles. The second-order valence-corrected chi connectivity index (χ2v) is 5.97. The Kier molecular flexibility index (Phi) is 6.88. The van der Waals surface area contributed by atoms with Crippen LogP contribution in [-0.2, 0) is 19.4 Å². The summed E-state index contributed by atoms with van der Waals surface area (Å²) in [5.74, 6) is -0.851. The van der Waals surface area contributed by atoms with E-state index in [1.165, 1.54) is 0 Å². The van der Waals surface area contributed by atoms with Crippen LogP contribution < -0.4 is 0 Å². The van der Waals surface area contributed by atoms with E-state index in [9.17, 15) is 18.0 Å². The van der Waals surface area contributed by atoms with Gasteiger partial charge in [-0.3, -0.25) is 9.59 Å². The Balaban J connectivity index is 3.75. The van der Waals surface area contributed by atoms with Crippen LogP contribution >= 0.6 is 0 Å². The third-order valence-electron chi connectivity index (χ3n) is 1.97. The van der Waals surface area contributed by atoms with Crippen LogP contribution in [0.15, 0.2) is 12.7 Å². The van der Waals surface area contributed by atoms with E-state index in [2.05, 4.69) is 6.58 Å². The standard InChI is InChI=1S/C11H18O4S/c1-3-4-5-6-10(12)7-8-11(13)9-16(2,14)15/h3H,1,4-9H2,2H3. The molecule has 0 aliphatic heterocycles. The predicted octanol–water partition coefficient (Wildman–Crippen LogP) is 1.31. The molecule has 0 atom stereocenters. The second-order valence-electron chi connectivity index (χ2n) is 3.83. The molecule has 0 aromatic heterocycles. The molecule has 4 nitrogen and oxygen atoms in total. The van der Waals surface area contributed by atoms with Crippen molar-refractivity contribution in [1.82, 2.24) is 0 Å². The first-order chi connectivity index (χ1) is 7.35. The molecule has 0 bridgehead atoms. The molecule has 0 N–H and O–H groups in total. The number of carbonyl (C=O) groups is 2. The van der Waals surface area contributed by atoms with Crippen LogP contribution in [-0.4, -0.2) is 32.0 Å². The smallest absolute Gasteiger partial charge is 0.154 e. The first kappa shape index (κ1) is 15.0. The summed E-state index contributed by atoms with van der Waals surface area (Å²) in [6.45, 7) is 3.54. The molecule has 0 aliphatic carbocycles. The van der Waals surface area contributed by atoms with Crippen LogP contribution in [0.25, 0.3) is 0 Å². The zero-order valence-electron chi connectivity index (χ0n) is 9.57. The van der Waals surface area contributed by atoms with Gasteiger partial charge in [-0.1, -0.05) is 6.08 Å². The van der Waals surface area contributed by atoms with Gasteiger partial charge in [0.25, 0.3) is 0 Å². The second kappa shape index (κ2) is 7.33. The average molecular weight is 246 g/mol. The number of rotatable bonds is 9. The summed E-state index contributed by atoms with van der Waals surface area (Å²) in [5, 5.41) is 0. The van der Waals surface area contributed by atoms with Gasteiger partial charge >= 0.3 is 0 Å². The Morgan fingerprint density at radius 2 is 1.69 bits per heavy atom. The van der Waals surface area contributed by atoms with E-state index in [1.54, 1.807) is 6.08 Å². The SMILES string of the molecule is C=CCCCC(=O)CCC(=O)CS(C)(=O)=O. The van der Waals surface area contributed by atoms with Crippen molar-refractivity contribution in [3.05, 3.63) is 12.7 Å². The van der Waals surface area contributed by atoms with Gasteiger partial charge in [0.2, 0.25) is 0 Å². The van der Waals surface area contributed by atoms with Crippen molar-refractivity contribution >= 4 is 21.4 Å². The molecule has 92 valence electrons. The van der Waals surface area contributed by atoms with E-state index in [4.69, 9.17) is 0 Å². The van der Waals surface area contributed by atoms with Crippen LogP contribution in [0.2, 0.25) is 0 Å². The number of sulfone groups is 1. The maximum Gasteiger partial charge on any atom is 0.154 e. The fraction of sp³-hybridized carbons (Fsp3) is 0.636. The first-order valence-corrected chi connectivity index (χ1v) is 7.23. The Morgan fingerprint density at radius 1 is 1.12 bits per heavy atom. The minimum atomic E-state index is -3.27. The van der Waals surface area contributed by atoms with Crippen LogP contribution in [0.3, 0.4) is 0 Å². The summed E-state index contributed by atoms with van der Waals surface area (Å²) >= 11 is 0. The van der Waals surface area contributed by atoms with E-state index in [1.807, 2.05) is 0 Å². The summed E-state index contributed by atoms with van der Waals surface area (Å²) in [4.78, 5) is 22.4. The van der Waals surface area contributed by atoms with Crippen LogP contribution in [0.1, 0.15) is 32.1 Å². The first-order valence-electron chi connectivity index (χ1n) is 5.17. The third kappa shape index (κ3) is 9.58. The number of allylic oxidation sites excluding steroid dienone is 1. The Labute approximate surface area is 96.6 Å². The maximum atomic E-state index is 11.3. The van der Waals surface area contributed by atoms with Gasteiger partial charge < -0.3 is 0 Å². The molecular formula is C11H18O4S. The Bertz CT molecular complexity index is 354. The molecule has 0 radical (unpaired) electrons. The number of hydrogen-bond acceptors (Lipinski definition) is 4. The zero-order chi connectivity index (χ0) is 12.6. The predicted molar refractivity (Wildman–Crippen MR) is 63.0 cm³/mol. The van der Waals surface area contributed by atoms with Crippen molar-refractivity contribution in [2.24, 2.45) is 0 Å². The lowest BCUT2D eigenvalue weighted by molar-refractivity contribution is -0.123. The van der Waals surface area contributed by atoms with Crippen molar-refractivity contribution in [2.45, 2.75) is 32.1 Å². The lowest BCUT2D eigenvalue weighted by Gasteiger charge is -1.99. The molecule has 0 fully saturated rings. The van der Waals surface area contributed by atoms with Gasteiger partial charge in [0.05, 0.1) is 0 Å². The number of unbranched alkanes of at least 4 members (excludes halogenated alkanes) is 1. The number of ketones is 2. The molecule has 0 unspecified atom stereocenters. The number of Topliss-reactive ketones (excluding diaryl/α,β-unsaturated/α-hetero) is 2. The lowest BCUT2D eigenvalue weighted by Crippen LogP contribution is -2.15. The highest BCUT2D eigenvalue weighted by Gasteiger charge is 2.12. The quantitative estimate of drug-likeness (QED) is 0.454. The Morgan fingerprint density at radius 3 is 2.19 bits per heavy atom. The summed E-state index contributed by atoms with van der Waals surface area (Å²) in [6, 6.07) is 0. The Hall–Kier alpha value is -0.970. The van der Waals surface area contributed by atoms with Gasteiger partial charge in [-0.15, -0.1) is 6.58 Å². The zero-order valence-corrected chi connectivity index (χ0v) is 10.4. The molecule has 5 heteroatoms. The van der Waals surface area contributed by atoms with Crippen molar-refractivity contribution in [3.63, 3.8) is 0 Å². The van der Waals surface area contributed by atoms with Gasteiger partial charge in [-0.2, -0.15) is 0 Å². The van der Waals surface area contributed by atoms with E-state index in [0.29, 0.717) is 6.42 Å². The van der Waals surface area contributed by atoms with Gasteiger partial charge in [0.15, 0.2) is 9.84 Å². The monoisotopic (exact) mass is 246 g/mol. The van der Waals surface area contributed by atoms with E-state index < -0.39 is 15.6 Å². The summed E-state index contributed by atoms with van der Waals surface area (Å²) < 4.78 is 21.6. The lowest BCUT2D eigenvalue weighted by atomic mass is 10.1. The highest BCUT2D eigenvalue weighted by molar-refractivity contribution is 7.91. The topological polar surface area (TPSA) is 68.3 Å². The molecule has 0 amide bonds. The van der Waals surface area contributed by atoms with Crippen molar-refractivity contribution in [2.75, 3.05) is 12.0 Å². The molecule has 16 heavy (non-hydrogen) atoms. The van der Waals surface area contributed by atoms with Gasteiger partial charge in [0.1, 0.15) is 17.3 Å². The van der Waals surface area contributed by atoms with E-state index in [0.717, 1.165) is 19.1 Å². The van der Waals surface area contributed by atoms with Crippen LogP contribution in [0, 0.1) is 0 Å². The molecule has 0 aromatic rings.